The van der Waals surface area contributed by atoms with Gasteiger partial charge in [0.15, 0.2) is 0 Å². The number of nitrogens with two attached hydrogens (primary N) is 1. The summed E-state index contributed by atoms with van der Waals surface area (Å²) in [6.07, 6.45) is 1.44. The van der Waals surface area contributed by atoms with Gasteiger partial charge < -0.3 is 11.2 Å². The molecule has 5 heteroatoms. The molecule has 0 bridgehead atoms. The average molecular weight is 242 g/mol. The third-order valence-electron chi connectivity index (χ3n) is 2.40. The van der Waals surface area contributed by atoms with Gasteiger partial charge in [0, 0.05) is 12.7 Å². The molecular weight excluding hydrogens is 228 g/mol. The van der Waals surface area contributed by atoms with Crippen molar-refractivity contribution < 1.29 is 4.79 Å². The van der Waals surface area contributed by atoms with Gasteiger partial charge in [-0.05, 0) is 17.7 Å². The summed E-state index contributed by atoms with van der Waals surface area (Å²) in [6, 6.07) is 13.3. The van der Waals surface area contributed by atoms with Gasteiger partial charge in [0.25, 0.3) is 0 Å². The van der Waals surface area contributed by atoms with E-state index in [1.165, 1.54) is 11.8 Å². The SMILES string of the molecule is NC(=O)c1ccc(NNCc2ccccc2)nc1. The van der Waals surface area contributed by atoms with Crippen LogP contribution in [0.4, 0.5) is 5.82 Å². The Morgan fingerprint density at radius 3 is 2.56 bits per heavy atom. The van der Waals surface area contributed by atoms with Crippen LogP contribution in [0.15, 0.2) is 48.7 Å². The summed E-state index contributed by atoms with van der Waals surface area (Å²) in [4.78, 5) is 14.9. The lowest BCUT2D eigenvalue weighted by molar-refractivity contribution is 0.1000. The minimum atomic E-state index is -0.480. The van der Waals surface area contributed by atoms with Gasteiger partial charge in [0.05, 0.1) is 5.56 Å². The number of nitrogens with zero attached hydrogens (tertiary/aromatic N) is 1. The predicted molar refractivity (Wildman–Crippen MR) is 69.7 cm³/mol. The number of nitrogens with one attached hydrogen (secondary N) is 2. The third-order valence-corrected chi connectivity index (χ3v) is 2.40. The van der Waals surface area contributed by atoms with Crippen LogP contribution in [0.1, 0.15) is 15.9 Å². The monoisotopic (exact) mass is 242 g/mol. The molecule has 5 nitrogen and oxygen atoms in total. The zero-order valence-corrected chi connectivity index (χ0v) is 9.76. The van der Waals surface area contributed by atoms with E-state index >= 15 is 0 Å². The van der Waals surface area contributed by atoms with Crippen LogP contribution in [-0.2, 0) is 6.54 Å². The number of aromatic nitrogens is 1. The number of benzene rings is 1. The molecule has 1 heterocycles. The van der Waals surface area contributed by atoms with Crippen LogP contribution in [0.2, 0.25) is 0 Å². The van der Waals surface area contributed by atoms with E-state index in [0.717, 1.165) is 0 Å². The van der Waals surface area contributed by atoms with E-state index in [1.807, 2.05) is 30.3 Å². The van der Waals surface area contributed by atoms with E-state index in [1.54, 1.807) is 12.1 Å². The van der Waals surface area contributed by atoms with Crippen molar-refractivity contribution in [3.63, 3.8) is 0 Å². The summed E-state index contributed by atoms with van der Waals surface area (Å²) in [5.41, 5.74) is 12.7. The van der Waals surface area contributed by atoms with Crippen molar-refractivity contribution in [2.45, 2.75) is 6.54 Å². The van der Waals surface area contributed by atoms with Crippen LogP contribution in [-0.4, -0.2) is 10.9 Å². The molecule has 2 rings (SSSR count). The van der Waals surface area contributed by atoms with E-state index in [9.17, 15) is 4.79 Å². The van der Waals surface area contributed by atoms with Crippen LogP contribution >= 0.6 is 0 Å². The Balaban J connectivity index is 1.85. The molecule has 4 N–H and O–H groups in total. The number of primary amides is 1. The predicted octanol–water partition coefficient (Wildman–Crippen LogP) is 1.30. The molecule has 1 amide bonds. The van der Waals surface area contributed by atoms with Gasteiger partial charge in [0.1, 0.15) is 5.82 Å². The van der Waals surface area contributed by atoms with Gasteiger partial charge in [-0.25, -0.2) is 10.4 Å². The molecule has 1 aromatic carbocycles. The number of hydrogen-bond donors (Lipinski definition) is 3. The highest BCUT2D eigenvalue weighted by Crippen LogP contribution is 2.03. The third kappa shape index (κ3) is 3.29. The van der Waals surface area contributed by atoms with Gasteiger partial charge in [-0.2, -0.15) is 0 Å². The molecule has 18 heavy (non-hydrogen) atoms. The van der Waals surface area contributed by atoms with Crippen molar-refractivity contribution in [2.75, 3.05) is 5.43 Å². The van der Waals surface area contributed by atoms with Crippen molar-refractivity contribution in [2.24, 2.45) is 5.73 Å². The maximum absolute atomic E-state index is 10.9. The quantitative estimate of drug-likeness (QED) is 0.690. The normalized spacial score (nSPS) is 10.0. The van der Waals surface area contributed by atoms with E-state index in [-0.39, 0.29) is 0 Å². The summed E-state index contributed by atoms with van der Waals surface area (Å²) >= 11 is 0. The standard InChI is InChI=1S/C13H14N4O/c14-13(18)11-6-7-12(15-9-11)17-16-8-10-4-2-1-3-5-10/h1-7,9,16H,8H2,(H2,14,18)(H,15,17). The Kier molecular flexibility index (Phi) is 3.88. The van der Waals surface area contributed by atoms with Crippen molar-refractivity contribution in [3.8, 4) is 0 Å². The number of carbonyl (C=O) groups is 1. The second-order valence-electron chi connectivity index (χ2n) is 3.76. The number of hydrogen-bond acceptors (Lipinski definition) is 4. The minimum Gasteiger partial charge on any atom is -0.366 e. The fraction of sp³-hybridized carbons (Fsp3) is 0.0769. The van der Waals surface area contributed by atoms with Crippen molar-refractivity contribution in [1.29, 1.82) is 0 Å². The first-order valence-corrected chi connectivity index (χ1v) is 5.54. The summed E-state index contributed by atoms with van der Waals surface area (Å²) in [7, 11) is 0. The molecule has 1 aromatic heterocycles. The highest BCUT2D eigenvalue weighted by atomic mass is 16.1. The van der Waals surface area contributed by atoms with E-state index < -0.39 is 5.91 Å². The molecular formula is C13H14N4O. The fourth-order valence-corrected chi connectivity index (χ4v) is 1.45. The number of pyridine rings is 1. The molecule has 0 spiro atoms. The highest BCUT2D eigenvalue weighted by molar-refractivity contribution is 5.92. The Morgan fingerprint density at radius 1 is 1.17 bits per heavy atom. The van der Waals surface area contributed by atoms with E-state index in [4.69, 9.17) is 5.73 Å². The van der Waals surface area contributed by atoms with Crippen molar-refractivity contribution in [3.05, 3.63) is 59.8 Å². The topological polar surface area (TPSA) is 80.0 Å². The van der Waals surface area contributed by atoms with Gasteiger partial charge in [-0.15, -0.1) is 0 Å². The molecule has 0 saturated heterocycles. The molecule has 0 saturated carbocycles. The first-order valence-electron chi connectivity index (χ1n) is 5.54. The first kappa shape index (κ1) is 12.1. The van der Waals surface area contributed by atoms with Gasteiger partial charge >= 0.3 is 0 Å². The molecule has 0 aliphatic rings. The van der Waals surface area contributed by atoms with Crippen LogP contribution in [0, 0.1) is 0 Å². The largest absolute Gasteiger partial charge is 0.366 e. The molecule has 0 atom stereocenters. The highest BCUT2D eigenvalue weighted by Gasteiger charge is 2.00. The zero-order chi connectivity index (χ0) is 12.8. The van der Waals surface area contributed by atoms with Crippen LogP contribution in [0.5, 0.6) is 0 Å². The number of hydrazine groups is 1. The zero-order valence-electron chi connectivity index (χ0n) is 9.76. The molecule has 0 aliphatic carbocycles. The molecule has 0 aliphatic heterocycles. The smallest absolute Gasteiger partial charge is 0.250 e. The maximum atomic E-state index is 10.9. The number of anilines is 1. The molecule has 0 fully saturated rings. The fourth-order valence-electron chi connectivity index (χ4n) is 1.45. The molecule has 2 aromatic rings. The summed E-state index contributed by atoms with van der Waals surface area (Å²) in [5, 5.41) is 0. The number of carbonyl (C=O) groups excluding carboxylic acids is 1. The Morgan fingerprint density at radius 2 is 1.94 bits per heavy atom. The summed E-state index contributed by atoms with van der Waals surface area (Å²) in [6.45, 7) is 0.681. The minimum absolute atomic E-state index is 0.392. The van der Waals surface area contributed by atoms with E-state index in [2.05, 4.69) is 15.8 Å². The Labute approximate surface area is 105 Å². The van der Waals surface area contributed by atoms with Crippen molar-refractivity contribution in [1.82, 2.24) is 10.4 Å². The molecule has 92 valence electrons. The van der Waals surface area contributed by atoms with Crippen LogP contribution in [0.3, 0.4) is 0 Å². The molecule has 0 unspecified atom stereocenters. The average Bonchev–Trinajstić information content (AvgIpc) is 2.40. The number of amides is 1. The summed E-state index contributed by atoms with van der Waals surface area (Å²) < 4.78 is 0. The first-order chi connectivity index (χ1) is 8.75. The lowest BCUT2D eigenvalue weighted by Gasteiger charge is -2.07. The maximum Gasteiger partial charge on any atom is 0.250 e. The van der Waals surface area contributed by atoms with Crippen LogP contribution < -0.4 is 16.6 Å². The Hall–Kier alpha value is -2.40. The summed E-state index contributed by atoms with van der Waals surface area (Å²) in [5.74, 6) is 0.155. The van der Waals surface area contributed by atoms with Gasteiger partial charge in [0.2, 0.25) is 5.91 Å². The second kappa shape index (κ2) is 5.79. The van der Waals surface area contributed by atoms with E-state index in [0.29, 0.717) is 17.9 Å². The van der Waals surface area contributed by atoms with Crippen LogP contribution in [0.25, 0.3) is 0 Å². The second-order valence-corrected chi connectivity index (χ2v) is 3.76. The lowest BCUT2D eigenvalue weighted by atomic mass is 10.2. The molecule has 0 radical (unpaired) electrons. The van der Waals surface area contributed by atoms with Gasteiger partial charge in [-0.1, -0.05) is 30.3 Å². The lowest BCUT2D eigenvalue weighted by Crippen LogP contribution is -2.21. The van der Waals surface area contributed by atoms with Gasteiger partial charge in [-0.3, -0.25) is 4.79 Å². The van der Waals surface area contributed by atoms with Crippen molar-refractivity contribution >= 4 is 11.7 Å². The Bertz CT molecular complexity index is 510. The number of rotatable bonds is 5.